The summed E-state index contributed by atoms with van der Waals surface area (Å²) >= 11 is 0. The van der Waals surface area contributed by atoms with Gasteiger partial charge in [0.2, 0.25) is 11.8 Å². The lowest BCUT2D eigenvalue weighted by atomic mass is 9.81. The molecule has 2 amide bonds. The van der Waals surface area contributed by atoms with E-state index in [1.165, 1.54) is 21.8 Å². The molecule has 4 atom stereocenters. The normalized spacial score (nSPS) is 30.4. The number of ether oxygens (including phenoxy) is 1. The second-order valence-electron chi connectivity index (χ2n) is 6.84. The molecule has 7 heteroatoms. The molecule has 128 valence electrons. The fourth-order valence-corrected chi connectivity index (χ4v) is 4.32. The molecule has 4 heterocycles. The van der Waals surface area contributed by atoms with Crippen LogP contribution in [-0.2, 0) is 20.9 Å². The minimum atomic E-state index is -0.360. The van der Waals surface area contributed by atoms with E-state index in [2.05, 4.69) is 5.10 Å². The van der Waals surface area contributed by atoms with Gasteiger partial charge >= 0.3 is 0 Å². The summed E-state index contributed by atoms with van der Waals surface area (Å²) in [4.78, 5) is 26.7. The maximum absolute atomic E-state index is 13.8. The third-order valence-electron chi connectivity index (χ3n) is 5.45. The second kappa shape index (κ2) is 5.23. The maximum atomic E-state index is 13.8. The van der Waals surface area contributed by atoms with Crippen LogP contribution in [0.15, 0.2) is 36.7 Å². The Hall–Kier alpha value is -2.54. The van der Waals surface area contributed by atoms with E-state index in [0.29, 0.717) is 11.3 Å². The zero-order valence-electron chi connectivity index (χ0n) is 13.3. The van der Waals surface area contributed by atoms with Gasteiger partial charge in [0.1, 0.15) is 5.82 Å². The van der Waals surface area contributed by atoms with Gasteiger partial charge in [-0.2, -0.15) is 5.10 Å². The first-order chi connectivity index (χ1) is 12.1. The summed E-state index contributed by atoms with van der Waals surface area (Å²) in [6, 6.07) is 6.46. The molecule has 0 radical (unpaired) electrons. The molecule has 0 unspecified atom stereocenters. The van der Waals surface area contributed by atoms with Crippen molar-refractivity contribution in [3.63, 3.8) is 0 Å². The fraction of sp³-hybridized carbons (Fsp3) is 0.389. The molecule has 3 saturated heterocycles. The minimum absolute atomic E-state index is 0.134. The van der Waals surface area contributed by atoms with Gasteiger partial charge < -0.3 is 4.74 Å². The van der Waals surface area contributed by atoms with Gasteiger partial charge in [-0.05, 0) is 18.9 Å². The summed E-state index contributed by atoms with van der Waals surface area (Å²) in [5.74, 6) is -1.43. The monoisotopic (exact) mass is 341 g/mol. The molecule has 0 spiro atoms. The van der Waals surface area contributed by atoms with Gasteiger partial charge in [0.25, 0.3) is 0 Å². The third-order valence-corrected chi connectivity index (χ3v) is 5.45. The van der Waals surface area contributed by atoms with E-state index in [1.807, 2.05) is 0 Å². The Labute approximate surface area is 143 Å². The molecule has 0 N–H and O–H groups in total. The summed E-state index contributed by atoms with van der Waals surface area (Å²) in [6.07, 6.45) is 4.51. The fourth-order valence-electron chi connectivity index (χ4n) is 4.32. The number of hydrogen-bond donors (Lipinski definition) is 0. The van der Waals surface area contributed by atoms with Gasteiger partial charge in [-0.25, -0.2) is 9.29 Å². The number of fused-ring (bicyclic) bond motifs is 5. The van der Waals surface area contributed by atoms with Crippen LogP contribution >= 0.6 is 0 Å². The number of rotatable bonds is 3. The molecule has 1 aromatic carbocycles. The van der Waals surface area contributed by atoms with E-state index in [4.69, 9.17) is 4.74 Å². The van der Waals surface area contributed by atoms with Crippen molar-refractivity contribution in [3.05, 3.63) is 48.0 Å². The van der Waals surface area contributed by atoms with Gasteiger partial charge in [0.05, 0.1) is 42.5 Å². The molecular weight excluding hydrogens is 325 g/mol. The molecule has 1 aromatic heterocycles. The van der Waals surface area contributed by atoms with Crippen LogP contribution in [0.4, 0.5) is 10.1 Å². The maximum Gasteiger partial charge on any atom is 0.240 e. The Kier molecular flexibility index (Phi) is 3.09. The molecule has 0 aliphatic carbocycles. The smallest absolute Gasteiger partial charge is 0.240 e. The molecule has 2 bridgehead atoms. The summed E-state index contributed by atoms with van der Waals surface area (Å²) < 4.78 is 21.0. The number of amides is 2. The van der Waals surface area contributed by atoms with Crippen molar-refractivity contribution >= 4 is 17.5 Å². The van der Waals surface area contributed by atoms with Crippen LogP contribution in [0.1, 0.15) is 18.4 Å². The minimum Gasteiger partial charge on any atom is -0.373 e. The van der Waals surface area contributed by atoms with E-state index < -0.39 is 0 Å². The lowest BCUT2D eigenvalue weighted by Crippen LogP contribution is -2.34. The lowest BCUT2D eigenvalue weighted by molar-refractivity contribution is -0.124. The topological polar surface area (TPSA) is 64.4 Å². The van der Waals surface area contributed by atoms with Crippen LogP contribution in [0, 0.1) is 17.7 Å². The van der Waals surface area contributed by atoms with Gasteiger partial charge in [-0.1, -0.05) is 18.2 Å². The Morgan fingerprint density at radius 2 is 1.80 bits per heavy atom. The van der Waals surface area contributed by atoms with Crippen molar-refractivity contribution in [2.45, 2.75) is 31.6 Å². The first kappa shape index (κ1) is 14.8. The van der Waals surface area contributed by atoms with E-state index in [1.54, 1.807) is 24.4 Å². The summed E-state index contributed by atoms with van der Waals surface area (Å²) in [7, 11) is 0. The molecule has 6 nitrogen and oxygen atoms in total. The van der Waals surface area contributed by atoms with Crippen molar-refractivity contribution in [2.75, 3.05) is 4.90 Å². The average molecular weight is 341 g/mol. The van der Waals surface area contributed by atoms with E-state index >= 15 is 0 Å². The molecule has 5 rings (SSSR count). The largest absolute Gasteiger partial charge is 0.373 e. The van der Waals surface area contributed by atoms with Crippen molar-refractivity contribution in [3.8, 4) is 0 Å². The van der Waals surface area contributed by atoms with Gasteiger partial charge in [0.15, 0.2) is 0 Å². The number of aromatic nitrogens is 2. The summed E-state index contributed by atoms with van der Waals surface area (Å²) in [6.45, 7) is 0.240. The second-order valence-corrected chi connectivity index (χ2v) is 6.84. The quantitative estimate of drug-likeness (QED) is 0.798. The highest BCUT2D eigenvalue weighted by Gasteiger charge is 2.62. The molecule has 25 heavy (non-hydrogen) atoms. The highest BCUT2D eigenvalue weighted by Crippen LogP contribution is 2.49. The Morgan fingerprint density at radius 1 is 1.12 bits per heavy atom. The Morgan fingerprint density at radius 3 is 2.48 bits per heavy atom. The van der Waals surface area contributed by atoms with Gasteiger partial charge in [-0.15, -0.1) is 0 Å². The SMILES string of the molecule is O=C1[C@H]2[C@H](C(=O)N1c1cnn(Cc3ccccc3F)c1)[C@H]1CC[C@H]2O1. The molecule has 2 aromatic rings. The first-order valence-electron chi connectivity index (χ1n) is 8.42. The van der Waals surface area contributed by atoms with Crippen molar-refractivity contribution < 1.29 is 18.7 Å². The summed E-state index contributed by atoms with van der Waals surface area (Å²) in [5.41, 5.74) is 0.944. The highest BCUT2D eigenvalue weighted by molar-refractivity contribution is 6.22. The van der Waals surface area contributed by atoms with Gasteiger partial charge in [-0.3, -0.25) is 14.3 Å². The first-order valence-corrected chi connectivity index (χ1v) is 8.42. The molecular formula is C18H16FN3O3. The van der Waals surface area contributed by atoms with Crippen molar-refractivity contribution in [1.29, 1.82) is 0 Å². The van der Waals surface area contributed by atoms with Crippen LogP contribution < -0.4 is 4.90 Å². The van der Waals surface area contributed by atoms with Crippen molar-refractivity contribution in [1.82, 2.24) is 9.78 Å². The number of carbonyl (C=O) groups excluding carboxylic acids is 2. The number of benzene rings is 1. The van der Waals surface area contributed by atoms with E-state index in [0.717, 1.165) is 12.8 Å². The summed E-state index contributed by atoms with van der Waals surface area (Å²) in [5, 5.41) is 4.19. The molecule has 0 saturated carbocycles. The van der Waals surface area contributed by atoms with Crippen molar-refractivity contribution in [2.24, 2.45) is 11.8 Å². The average Bonchev–Trinajstić information content (AvgIpc) is 3.35. The van der Waals surface area contributed by atoms with Crippen LogP contribution in [0.5, 0.6) is 0 Å². The highest BCUT2D eigenvalue weighted by atomic mass is 19.1. The predicted molar refractivity (Wildman–Crippen MR) is 85.1 cm³/mol. The predicted octanol–water partition coefficient (Wildman–Crippen LogP) is 1.74. The number of nitrogens with zero attached hydrogens (tertiary/aromatic N) is 3. The zero-order chi connectivity index (χ0) is 17.1. The van der Waals surface area contributed by atoms with Crippen LogP contribution in [0.3, 0.4) is 0 Å². The standard InChI is InChI=1S/C18H16FN3O3/c19-12-4-2-1-3-10(12)8-21-9-11(7-20-21)22-17(23)15-13-5-6-14(25-13)16(15)18(22)24/h1-4,7,9,13-16H,5-6,8H2/t13-,14-,15-,16-/m1/s1. The van der Waals surface area contributed by atoms with Crippen LogP contribution in [-0.4, -0.2) is 33.8 Å². The number of imide groups is 1. The van der Waals surface area contributed by atoms with Crippen LogP contribution in [0.25, 0.3) is 0 Å². The molecule has 3 fully saturated rings. The van der Waals surface area contributed by atoms with E-state index in [9.17, 15) is 14.0 Å². The number of halogens is 1. The zero-order valence-corrected chi connectivity index (χ0v) is 13.3. The third kappa shape index (κ3) is 2.08. The van der Waals surface area contributed by atoms with Crippen LogP contribution in [0.2, 0.25) is 0 Å². The van der Waals surface area contributed by atoms with Gasteiger partial charge in [0, 0.05) is 11.8 Å². The Balaban J connectivity index is 1.41. The lowest BCUT2D eigenvalue weighted by Gasteiger charge is -2.15. The Bertz CT molecular complexity index is 852. The number of carbonyl (C=O) groups is 2. The number of hydrogen-bond acceptors (Lipinski definition) is 4. The van der Waals surface area contributed by atoms with E-state index in [-0.39, 0.29) is 48.2 Å². The molecule has 3 aliphatic heterocycles. The number of anilines is 1. The molecule has 3 aliphatic rings.